The van der Waals surface area contributed by atoms with Gasteiger partial charge >= 0.3 is 5.97 Å². The van der Waals surface area contributed by atoms with E-state index in [2.05, 4.69) is 10.6 Å². The van der Waals surface area contributed by atoms with Crippen LogP contribution in [0, 0.1) is 6.92 Å². The van der Waals surface area contributed by atoms with Crippen molar-refractivity contribution in [2.45, 2.75) is 47.1 Å². The van der Waals surface area contributed by atoms with Crippen molar-refractivity contribution < 1.29 is 14.3 Å². The number of aromatic nitrogens is 1. The van der Waals surface area contributed by atoms with Crippen LogP contribution in [0.2, 0.25) is 0 Å². The number of rotatable bonds is 8. The molecule has 5 nitrogen and oxygen atoms in total. The zero-order chi connectivity index (χ0) is 18.4. The van der Waals surface area contributed by atoms with Gasteiger partial charge in [-0.05, 0) is 38.8 Å². The van der Waals surface area contributed by atoms with Crippen molar-refractivity contribution in [3.05, 3.63) is 35.5 Å². The Labute approximate surface area is 149 Å². The molecule has 0 unspecified atom stereocenters. The SMILES string of the molecule is CCCN(CCC(=O)OCC)C(=O)c1c(C)c2ccccc2n1CC. The van der Waals surface area contributed by atoms with Gasteiger partial charge in [-0.1, -0.05) is 25.1 Å². The lowest BCUT2D eigenvalue weighted by Gasteiger charge is -2.23. The Kier molecular flexibility index (Phi) is 6.62. The van der Waals surface area contributed by atoms with Gasteiger partial charge in [0.15, 0.2) is 0 Å². The lowest BCUT2D eigenvalue weighted by molar-refractivity contribution is -0.143. The topological polar surface area (TPSA) is 51.5 Å². The van der Waals surface area contributed by atoms with Crippen LogP contribution in [-0.4, -0.2) is 41.0 Å². The van der Waals surface area contributed by atoms with Gasteiger partial charge < -0.3 is 14.2 Å². The predicted molar refractivity (Wildman–Crippen MR) is 99.8 cm³/mol. The molecule has 0 aliphatic carbocycles. The minimum Gasteiger partial charge on any atom is -0.466 e. The number of hydrogen-bond acceptors (Lipinski definition) is 3. The maximum absolute atomic E-state index is 13.2. The first-order valence-electron chi connectivity index (χ1n) is 9.07. The van der Waals surface area contributed by atoms with Crippen molar-refractivity contribution in [2.75, 3.05) is 19.7 Å². The summed E-state index contributed by atoms with van der Waals surface area (Å²) in [6, 6.07) is 8.09. The van der Waals surface area contributed by atoms with E-state index in [4.69, 9.17) is 4.74 Å². The highest BCUT2D eigenvalue weighted by Crippen LogP contribution is 2.26. The molecular weight excluding hydrogens is 316 g/mol. The van der Waals surface area contributed by atoms with Crippen molar-refractivity contribution in [3.8, 4) is 0 Å². The van der Waals surface area contributed by atoms with Crippen LogP contribution in [0.1, 0.15) is 49.7 Å². The number of esters is 1. The van der Waals surface area contributed by atoms with Crippen molar-refractivity contribution >= 4 is 22.8 Å². The summed E-state index contributed by atoms with van der Waals surface area (Å²) in [7, 11) is 0. The molecule has 0 aliphatic rings. The van der Waals surface area contributed by atoms with E-state index in [-0.39, 0.29) is 18.3 Å². The molecule has 0 radical (unpaired) electrons. The maximum Gasteiger partial charge on any atom is 0.307 e. The van der Waals surface area contributed by atoms with E-state index in [0.717, 1.165) is 35.1 Å². The highest BCUT2D eigenvalue weighted by atomic mass is 16.5. The first kappa shape index (κ1) is 19.0. The molecule has 1 aromatic carbocycles. The third-order valence-electron chi connectivity index (χ3n) is 4.41. The molecular formula is C20H28N2O3. The molecule has 2 rings (SSSR count). The summed E-state index contributed by atoms with van der Waals surface area (Å²) in [6.07, 6.45) is 1.07. The second-order valence-corrected chi connectivity index (χ2v) is 6.08. The van der Waals surface area contributed by atoms with Gasteiger partial charge in [0.1, 0.15) is 5.69 Å². The normalized spacial score (nSPS) is 10.9. The van der Waals surface area contributed by atoms with Crippen molar-refractivity contribution in [1.82, 2.24) is 9.47 Å². The van der Waals surface area contributed by atoms with Crippen molar-refractivity contribution in [2.24, 2.45) is 0 Å². The zero-order valence-corrected chi connectivity index (χ0v) is 15.7. The molecule has 136 valence electrons. The van der Waals surface area contributed by atoms with E-state index in [1.807, 2.05) is 39.0 Å². The highest BCUT2D eigenvalue weighted by molar-refractivity contribution is 6.01. The van der Waals surface area contributed by atoms with Crippen LogP contribution in [0.4, 0.5) is 0 Å². The largest absolute Gasteiger partial charge is 0.466 e. The van der Waals surface area contributed by atoms with E-state index in [0.29, 0.717) is 19.7 Å². The van der Waals surface area contributed by atoms with Gasteiger partial charge in [0.25, 0.3) is 5.91 Å². The van der Waals surface area contributed by atoms with Crippen LogP contribution in [0.3, 0.4) is 0 Å². The quantitative estimate of drug-likeness (QED) is 0.685. The smallest absolute Gasteiger partial charge is 0.307 e. The number of amides is 1. The molecule has 1 aromatic heterocycles. The van der Waals surface area contributed by atoms with Gasteiger partial charge in [-0.15, -0.1) is 0 Å². The minimum atomic E-state index is -0.260. The van der Waals surface area contributed by atoms with E-state index in [1.165, 1.54) is 0 Å². The fourth-order valence-electron chi connectivity index (χ4n) is 3.27. The summed E-state index contributed by atoms with van der Waals surface area (Å²) in [5.74, 6) is -0.272. The Morgan fingerprint density at radius 1 is 1.12 bits per heavy atom. The number of nitrogens with zero attached hydrogens (tertiary/aromatic N) is 2. The minimum absolute atomic E-state index is 0.0123. The first-order valence-corrected chi connectivity index (χ1v) is 9.07. The molecule has 0 atom stereocenters. The number of aryl methyl sites for hydroxylation is 2. The third-order valence-corrected chi connectivity index (χ3v) is 4.41. The second-order valence-electron chi connectivity index (χ2n) is 6.08. The highest BCUT2D eigenvalue weighted by Gasteiger charge is 2.24. The number of carbonyl (C=O) groups is 2. The Morgan fingerprint density at radius 2 is 1.84 bits per heavy atom. The zero-order valence-electron chi connectivity index (χ0n) is 15.7. The molecule has 0 saturated carbocycles. The van der Waals surface area contributed by atoms with E-state index in [9.17, 15) is 9.59 Å². The van der Waals surface area contributed by atoms with E-state index >= 15 is 0 Å². The van der Waals surface area contributed by atoms with Crippen molar-refractivity contribution in [3.63, 3.8) is 0 Å². The van der Waals surface area contributed by atoms with Crippen LogP contribution in [0.25, 0.3) is 10.9 Å². The van der Waals surface area contributed by atoms with Crippen LogP contribution >= 0.6 is 0 Å². The third kappa shape index (κ3) is 4.03. The average Bonchev–Trinajstić information content (AvgIpc) is 2.90. The Bertz CT molecular complexity index is 749. The first-order chi connectivity index (χ1) is 12.0. The maximum atomic E-state index is 13.2. The molecule has 0 saturated heterocycles. The summed E-state index contributed by atoms with van der Waals surface area (Å²) in [4.78, 5) is 26.7. The number of hydrogen-bond donors (Lipinski definition) is 0. The Morgan fingerprint density at radius 3 is 2.48 bits per heavy atom. The molecule has 5 heteroatoms. The van der Waals surface area contributed by atoms with Gasteiger partial charge in [0.05, 0.1) is 13.0 Å². The molecule has 0 bridgehead atoms. The lowest BCUT2D eigenvalue weighted by Crippen LogP contribution is -2.35. The van der Waals surface area contributed by atoms with Crippen LogP contribution in [0.15, 0.2) is 24.3 Å². The Balaban J connectivity index is 2.34. The van der Waals surface area contributed by atoms with Gasteiger partial charge in [-0.2, -0.15) is 0 Å². The fraction of sp³-hybridized carbons (Fsp3) is 0.500. The Hall–Kier alpha value is -2.30. The van der Waals surface area contributed by atoms with Gasteiger partial charge in [0, 0.05) is 30.5 Å². The standard InChI is InChI=1S/C20H28N2O3/c1-5-13-21(14-12-18(23)25-7-3)20(24)19-15(4)16-10-8-9-11-17(16)22(19)6-2/h8-11H,5-7,12-14H2,1-4H3. The average molecular weight is 344 g/mol. The van der Waals surface area contributed by atoms with Crippen LogP contribution < -0.4 is 0 Å². The summed E-state index contributed by atoms with van der Waals surface area (Å²) in [5.41, 5.74) is 2.80. The molecule has 2 aromatic rings. The molecule has 1 amide bonds. The number of benzene rings is 1. The summed E-state index contributed by atoms with van der Waals surface area (Å²) >= 11 is 0. The molecule has 0 N–H and O–H groups in total. The lowest BCUT2D eigenvalue weighted by atomic mass is 10.1. The predicted octanol–water partition coefficient (Wildman–Crippen LogP) is 3.78. The van der Waals surface area contributed by atoms with Crippen LogP contribution in [0.5, 0.6) is 0 Å². The molecule has 0 aliphatic heterocycles. The molecule has 0 fully saturated rings. The fourth-order valence-corrected chi connectivity index (χ4v) is 3.27. The summed E-state index contributed by atoms with van der Waals surface area (Å²) in [5, 5.41) is 1.11. The van der Waals surface area contributed by atoms with Gasteiger partial charge in [-0.3, -0.25) is 9.59 Å². The number of carbonyl (C=O) groups excluding carboxylic acids is 2. The monoisotopic (exact) mass is 344 g/mol. The van der Waals surface area contributed by atoms with Gasteiger partial charge in [-0.25, -0.2) is 0 Å². The molecule has 25 heavy (non-hydrogen) atoms. The molecule has 0 spiro atoms. The summed E-state index contributed by atoms with van der Waals surface area (Å²) < 4.78 is 7.06. The van der Waals surface area contributed by atoms with E-state index < -0.39 is 0 Å². The summed E-state index contributed by atoms with van der Waals surface area (Å²) in [6.45, 7) is 9.97. The number of para-hydroxylation sites is 1. The number of ether oxygens (including phenoxy) is 1. The van der Waals surface area contributed by atoms with E-state index in [1.54, 1.807) is 11.8 Å². The van der Waals surface area contributed by atoms with Crippen LogP contribution in [-0.2, 0) is 16.1 Å². The van der Waals surface area contributed by atoms with Gasteiger partial charge in [0.2, 0.25) is 0 Å². The molecule has 1 heterocycles. The number of fused-ring (bicyclic) bond motifs is 1. The van der Waals surface area contributed by atoms with Crippen molar-refractivity contribution in [1.29, 1.82) is 0 Å². The second kappa shape index (κ2) is 8.70.